The van der Waals surface area contributed by atoms with Gasteiger partial charge < -0.3 is 5.11 Å². The van der Waals surface area contributed by atoms with E-state index in [4.69, 9.17) is 5.11 Å². The van der Waals surface area contributed by atoms with E-state index in [1.54, 1.807) is 6.92 Å². The number of aliphatic carboxylic acids is 1. The molecule has 0 spiro atoms. The molecule has 0 aliphatic carbocycles. The summed E-state index contributed by atoms with van der Waals surface area (Å²) in [5.41, 5.74) is 0. The highest BCUT2D eigenvalue weighted by Crippen LogP contribution is 1.95. The summed E-state index contributed by atoms with van der Waals surface area (Å²) in [6.45, 7) is 1.79. The van der Waals surface area contributed by atoms with Gasteiger partial charge in [-0.2, -0.15) is 0 Å². The van der Waals surface area contributed by atoms with Gasteiger partial charge >= 0.3 is 5.97 Å². The summed E-state index contributed by atoms with van der Waals surface area (Å²) >= 11 is 0. The molecule has 0 rings (SSSR count). The van der Waals surface area contributed by atoms with Crippen LogP contribution in [0.15, 0.2) is 12.2 Å². The first-order chi connectivity index (χ1) is 5.16. The molecule has 0 bridgehead atoms. The van der Waals surface area contributed by atoms with Gasteiger partial charge in [-0.25, -0.2) is 4.79 Å². The quantitative estimate of drug-likeness (QED) is 0.612. The molecule has 11 heavy (non-hydrogen) atoms. The van der Waals surface area contributed by atoms with E-state index in [0.717, 1.165) is 6.08 Å². The molecule has 0 aromatic rings. The fourth-order valence-electron chi connectivity index (χ4n) is 0.605. The van der Waals surface area contributed by atoms with Crippen LogP contribution in [0.25, 0.3) is 0 Å². The summed E-state index contributed by atoms with van der Waals surface area (Å²) in [6, 6.07) is 0. The number of Topliss-reactive ketones (excluding diaryl/α,β-unsaturated/α-hetero) is 1. The predicted octanol–water partition coefficient (Wildman–Crippen LogP) is 1.39. The molecular formula is C8H12O3. The number of carbonyl (C=O) groups excluding carboxylic acids is 1. The topological polar surface area (TPSA) is 54.4 Å². The van der Waals surface area contributed by atoms with Gasteiger partial charge in [0.05, 0.1) is 0 Å². The third-order valence-electron chi connectivity index (χ3n) is 1.24. The SMILES string of the molecule is CCC(=O)CCC=CC(=O)O. The van der Waals surface area contributed by atoms with Crippen molar-refractivity contribution in [2.45, 2.75) is 26.2 Å². The Labute approximate surface area is 65.7 Å². The summed E-state index contributed by atoms with van der Waals surface area (Å²) in [7, 11) is 0. The summed E-state index contributed by atoms with van der Waals surface area (Å²) in [5.74, 6) is -0.797. The van der Waals surface area contributed by atoms with Crippen molar-refractivity contribution in [3.8, 4) is 0 Å². The molecule has 0 aromatic carbocycles. The molecule has 0 radical (unpaired) electrons. The molecule has 0 aromatic heterocycles. The highest BCUT2D eigenvalue weighted by atomic mass is 16.4. The molecule has 0 unspecified atom stereocenters. The maximum atomic E-state index is 10.7. The average molecular weight is 156 g/mol. The fraction of sp³-hybridized carbons (Fsp3) is 0.500. The van der Waals surface area contributed by atoms with E-state index in [9.17, 15) is 9.59 Å². The highest BCUT2D eigenvalue weighted by Gasteiger charge is 1.94. The third kappa shape index (κ3) is 6.77. The third-order valence-corrected chi connectivity index (χ3v) is 1.24. The molecule has 3 heteroatoms. The first kappa shape index (κ1) is 9.88. The van der Waals surface area contributed by atoms with Crippen LogP contribution >= 0.6 is 0 Å². The highest BCUT2D eigenvalue weighted by molar-refractivity contribution is 5.80. The van der Waals surface area contributed by atoms with Crippen LogP contribution in [0, 0.1) is 0 Å². The van der Waals surface area contributed by atoms with Crippen LogP contribution < -0.4 is 0 Å². The van der Waals surface area contributed by atoms with Gasteiger partial charge in [0.25, 0.3) is 0 Å². The fourth-order valence-corrected chi connectivity index (χ4v) is 0.605. The molecule has 0 fully saturated rings. The van der Waals surface area contributed by atoms with Crippen molar-refractivity contribution in [3.05, 3.63) is 12.2 Å². The van der Waals surface area contributed by atoms with Crippen molar-refractivity contribution in [1.82, 2.24) is 0 Å². The molecule has 0 saturated carbocycles. The Bertz CT molecular complexity index is 170. The van der Waals surface area contributed by atoms with Crippen molar-refractivity contribution >= 4 is 11.8 Å². The van der Waals surface area contributed by atoms with Gasteiger partial charge in [-0.15, -0.1) is 0 Å². The second kappa shape index (κ2) is 5.65. The number of rotatable bonds is 5. The Morgan fingerprint density at radius 1 is 1.45 bits per heavy atom. The standard InChI is InChI=1S/C8H12O3/c1-2-7(9)5-3-4-6-8(10)11/h4,6H,2-3,5H2,1H3,(H,10,11). The van der Waals surface area contributed by atoms with E-state index >= 15 is 0 Å². The molecule has 3 nitrogen and oxygen atoms in total. The van der Waals surface area contributed by atoms with E-state index < -0.39 is 5.97 Å². The zero-order valence-electron chi connectivity index (χ0n) is 6.54. The summed E-state index contributed by atoms with van der Waals surface area (Å²) in [4.78, 5) is 20.6. The summed E-state index contributed by atoms with van der Waals surface area (Å²) in [6.07, 6.45) is 4.05. The number of carbonyl (C=O) groups is 2. The van der Waals surface area contributed by atoms with Crippen LogP contribution in [-0.4, -0.2) is 16.9 Å². The van der Waals surface area contributed by atoms with E-state index in [-0.39, 0.29) is 5.78 Å². The van der Waals surface area contributed by atoms with Gasteiger partial charge in [0.1, 0.15) is 5.78 Å². The minimum Gasteiger partial charge on any atom is -0.478 e. The maximum absolute atomic E-state index is 10.7. The number of allylic oxidation sites excluding steroid dienone is 1. The van der Waals surface area contributed by atoms with Gasteiger partial charge in [0, 0.05) is 18.9 Å². The molecule has 62 valence electrons. The lowest BCUT2D eigenvalue weighted by Gasteiger charge is -1.89. The first-order valence-electron chi connectivity index (χ1n) is 3.58. The molecular weight excluding hydrogens is 144 g/mol. The first-order valence-corrected chi connectivity index (χ1v) is 3.58. The number of carboxylic acids is 1. The smallest absolute Gasteiger partial charge is 0.327 e. The zero-order valence-corrected chi connectivity index (χ0v) is 6.54. The van der Waals surface area contributed by atoms with Crippen molar-refractivity contribution < 1.29 is 14.7 Å². The Hall–Kier alpha value is -1.12. The number of ketones is 1. The van der Waals surface area contributed by atoms with Gasteiger partial charge in [-0.1, -0.05) is 13.0 Å². The van der Waals surface area contributed by atoms with Crippen LogP contribution in [0.1, 0.15) is 26.2 Å². The van der Waals surface area contributed by atoms with Crippen molar-refractivity contribution in [3.63, 3.8) is 0 Å². The summed E-state index contributed by atoms with van der Waals surface area (Å²) in [5, 5.41) is 8.16. The van der Waals surface area contributed by atoms with E-state index in [1.165, 1.54) is 6.08 Å². The molecule has 0 amide bonds. The second-order valence-corrected chi connectivity index (χ2v) is 2.17. The van der Waals surface area contributed by atoms with E-state index in [2.05, 4.69) is 0 Å². The van der Waals surface area contributed by atoms with Crippen molar-refractivity contribution in [1.29, 1.82) is 0 Å². The minimum absolute atomic E-state index is 0.167. The lowest BCUT2D eigenvalue weighted by atomic mass is 10.2. The molecule has 0 heterocycles. The van der Waals surface area contributed by atoms with Gasteiger partial charge in [-0.05, 0) is 6.42 Å². The number of hydrogen-bond donors (Lipinski definition) is 1. The monoisotopic (exact) mass is 156 g/mol. The molecule has 0 aliphatic heterocycles. The Kier molecular flexibility index (Phi) is 5.07. The summed E-state index contributed by atoms with van der Waals surface area (Å²) < 4.78 is 0. The Morgan fingerprint density at radius 2 is 2.09 bits per heavy atom. The minimum atomic E-state index is -0.964. The average Bonchev–Trinajstić information content (AvgIpc) is 1.97. The van der Waals surface area contributed by atoms with Gasteiger partial charge in [-0.3, -0.25) is 4.79 Å². The Morgan fingerprint density at radius 3 is 2.55 bits per heavy atom. The molecule has 0 aliphatic rings. The normalized spacial score (nSPS) is 10.3. The van der Waals surface area contributed by atoms with E-state index in [1.807, 2.05) is 0 Å². The lowest BCUT2D eigenvalue weighted by Crippen LogP contribution is -1.93. The lowest BCUT2D eigenvalue weighted by molar-refractivity contribution is -0.131. The van der Waals surface area contributed by atoms with Crippen molar-refractivity contribution in [2.24, 2.45) is 0 Å². The molecule has 0 atom stereocenters. The largest absolute Gasteiger partial charge is 0.478 e. The maximum Gasteiger partial charge on any atom is 0.327 e. The van der Waals surface area contributed by atoms with Crippen LogP contribution in [0.3, 0.4) is 0 Å². The number of hydrogen-bond acceptors (Lipinski definition) is 2. The van der Waals surface area contributed by atoms with Crippen molar-refractivity contribution in [2.75, 3.05) is 0 Å². The zero-order chi connectivity index (χ0) is 8.69. The van der Waals surface area contributed by atoms with Gasteiger partial charge in [0.15, 0.2) is 0 Å². The van der Waals surface area contributed by atoms with Gasteiger partial charge in [0.2, 0.25) is 0 Å². The van der Waals surface area contributed by atoms with Crippen LogP contribution in [0.4, 0.5) is 0 Å². The van der Waals surface area contributed by atoms with Crippen LogP contribution in [0.5, 0.6) is 0 Å². The molecule has 1 N–H and O–H groups in total. The Balaban J connectivity index is 3.41. The predicted molar refractivity (Wildman–Crippen MR) is 41.3 cm³/mol. The second-order valence-electron chi connectivity index (χ2n) is 2.17. The van der Waals surface area contributed by atoms with E-state index in [0.29, 0.717) is 19.3 Å². The van der Waals surface area contributed by atoms with Crippen LogP contribution in [-0.2, 0) is 9.59 Å². The molecule has 0 saturated heterocycles. The van der Waals surface area contributed by atoms with Crippen LogP contribution in [0.2, 0.25) is 0 Å². The number of carboxylic acid groups (broad SMARTS) is 1.